The largest absolute Gasteiger partial charge is 0.496 e. The molecule has 7 heteroatoms. The minimum absolute atomic E-state index is 0.00628. The second kappa shape index (κ2) is 6.50. The molecule has 0 saturated carbocycles. The van der Waals surface area contributed by atoms with Crippen molar-refractivity contribution in [3.8, 4) is 5.75 Å². The molecule has 0 radical (unpaired) electrons. The minimum atomic E-state index is -4.58. The van der Waals surface area contributed by atoms with Gasteiger partial charge < -0.3 is 4.74 Å². The van der Waals surface area contributed by atoms with Crippen LogP contribution in [-0.4, -0.2) is 27.6 Å². The molecule has 1 aromatic carbocycles. The minimum Gasteiger partial charge on any atom is -0.496 e. The van der Waals surface area contributed by atoms with Crippen molar-refractivity contribution in [3.05, 3.63) is 29.3 Å². The van der Waals surface area contributed by atoms with Gasteiger partial charge in [-0.3, -0.25) is 9.00 Å². The van der Waals surface area contributed by atoms with E-state index in [-0.39, 0.29) is 33.5 Å². The molecule has 0 aromatic heterocycles. The summed E-state index contributed by atoms with van der Waals surface area (Å²) in [6, 6.07) is 3.46. The SMILES string of the molecule is COc1ccc(C(=O)C2CC3CCCC(C2)S3=O)cc1C(F)(F)F. The van der Waals surface area contributed by atoms with Crippen LogP contribution in [0.5, 0.6) is 5.75 Å². The maximum absolute atomic E-state index is 13.1. The zero-order chi connectivity index (χ0) is 17.5. The molecule has 3 nitrogen and oxygen atoms in total. The highest BCUT2D eigenvalue weighted by Gasteiger charge is 2.41. The predicted octanol–water partition coefficient (Wildman–Crippen LogP) is 3.98. The smallest absolute Gasteiger partial charge is 0.419 e. The second-order valence-corrected chi connectivity index (χ2v) is 8.44. The molecule has 2 aliphatic heterocycles. The lowest BCUT2D eigenvalue weighted by Gasteiger charge is -2.37. The van der Waals surface area contributed by atoms with Gasteiger partial charge >= 0.3 is 6.18 Å². The molecule has 2 saturated heterocycles. The van der Waals surface area contributed by atoms with E-state index in [1.54, 1.807) is 0 Å². The van der Waals surface area contributed by atoms with E-state index in [4.69, 9.17) is 4.74 Å². The summed E-state index contributed by atoms with van der Waals surface area (Å²) in [6.45, 7) is 0. The highest BCUT2D eigenvalue weighted by Crippen LogP contribution is 2.40. The van der Waals surface area contributed by atoms with Crippen molar-refractivity contribution in [1.29, 1.82) is 0 Å². The summed E-state index contributed by atoms with van der Waals surface area (Å²) in [7, 11) is 0.265. The van der Waals surface area contributed by atoms with Crippen molar-refractivity contribution in [2.45, 2.75) is 48.8 Å². The van der Waals surface area contributed by atoms with E-state index < -0.39 is 22.5 Å². The van der Waals surface area contributed by atoms with E-state index in [1.165, 1.54) is 19.2 Å². The van der Waals surface area contributed by atoms with E-state index in [0.717, 1.165) is 25.3 Å². The van der Waals surface area contributed by atoms with Gasteiger partial charge in [-0.2, -0.15) is 13.2 Å². The van der Waals surface area contributed by atoms with Gasteiger partial charge in [-0.25, -0.2) is 0 Å². The van der Waals surface area contributed by atoms with Gasteiger partial charge in [0, 0.05) is 32.8 Å². The lowest BCUT2D eigenvalue weighted by Crippen LogP contribution is -2.41. The number of halogens is 3. The highest BCUT2D eigenvalue weighted by molar-refractivity contribution is 7.86. The van der Waals surface area contributed by atoms with Crippen LogP contribution in [0.4, 0.5) is 13.2 Å². The molecule has 2 unspecified atom stereocenters. The summed E-state index contributed by atoms with van der Waals surface area (Å²) in [5.74, 6) is -0.912. The number of ether oxygens (including phenoxy) is 1. The first-order chi connectivity index (χ1) is 11.3. The lowest BCUT2D eigenvalue weighted by molar-refractivity contribution is -0.138. The number of hydrogen-bond donors (Lipinski definition) is 0. The van der Waals surface area contributed by atoms with Crippen LogP contribution in [-0.2, 0) is 17.0 Å². The van der Waals surface area contributed by atoms with Gasteiger partial charge in [0.1, 0.15) is 5.75 Å². The first-order valence-corrected chi connectivity index (χ1v) is 9.27. The summed E-state index contributed by atoms with van der Waals surface area (Å²) < 4.78 is 56.4. The molecule has 3 rings (SSSR count). The standard InChI is InChI=1S/C17H19F3O3S/c1-23-15-6-5-10(9-14(15)17(18,19)20)16(21)11-7-12-3-2-4-13(8-11)24(12)22/h5-6,9,11-13H,2-4,7-8H2,1H3. The molecular formula is C17H19F3O3S. The quantitative estimate of drug-likeness (QED) is 0.766. The van der Waals surface area contributed by atoms with Crippen molar-refractivity contribution >= 4 is 16.6 Å². The Kier molecular flexibility index (Phi) is 4.73. The van der Waals surface area contributed by atoms with Crippen molar-refractivity contribution in [2.24, 2.45) is 5.92 Å². The summed E-state index contributed by atoms with van der Waals surface area (Å²) in [5, 5.41) is 0.0126. The summed E-state index contributed by atoms with van der Waals surface area (Å²) in [6.07, 6.45) is -0.869. The van der Waals surface area contributed by atoms with Crippen LogP contribution >= 0.6 is 0 Å². The maximum atomic E-state index is 13.1. The third-order valence-electron chi connectivity index (χ3n) is 4.96. The lowest BCUT2D eigenvalue weighted by atomic mass is 9.84. The summed E-state index contributed by atoms with van der Waals surface area (Å²) >= 11 is 0. The molecule has 24 heavy (non-hydrogen) atoms. The van der Waals surface area contributed by atoms with Gasteiger partial charge in [0.2, 0.25) is 0 Å². The van der Waals surface area contributed by atoms with Crippen LogP contribution in [0.3, 0.4) is 0 Å². The Labute approximate surface area is 141 Å². The molecule has 2 aliphatic rings. The molecule has 1 aromatic rings. The number of hydrogen-bond acceptors (Lipinski definition) is 3. The van der Waals surface area contributed by atoms with Gasteiger partial charge in [0.25, 0.3) is 0 Å². The van der Waals surface area contributed by atoms with Crippen LogP contribution in [0.15, 0.2) is 18.2 Å². The Hall–Kier alpha value is -1.37. The van der Waals surface area contributed by atoms with Crippen molar-refractivity contribution < 1.29 is 26.9 Å². The molecule has 2 atom stereocenters. The van der Waals surface area contributed by atoms with Crippen LogP contribution in [0.25, 0.3) is 0 Å². The van der Waals surface area contributed by atoms with Crippen LogP contribution in [0.2, 0.25) is 0 Å². The molecule has 2 fully saturated rings. The molecule has 2 bridgehead atoms. The number of carbonyl (C=O) groups is 1. The topological polar surface area (TPSA) is 43.4 Å². The van der Waals surface area contributed by atoms with E-state index >= 15 is 0 Å². The number of Topliss-reactive ketones (excluding diaryl/α,β-unsaturated/α-hetero) is 1. The second-order valence-electron chi connectivity index (χ2n) is 6.45. The fourth-order valence-corrected chi connectivity index (χ4v) is 5.95. The first-order valence-electron chi connectivity index (χ1n) is 8.00. The fraction of sp³-hybridized carbons (Fsp3) is 0.588. The van der Waals surface area contributed by atoms with Gasteiger partial charge in [-0.15, -0.1) is 0 Å². The van der Waals surface area contributed by atoms with Gasteiger partial charge in [0.15, 0.2) is 5.78 Å². The molecule has 0 spiro atoms. The normalized spacial score (nSPS) is 30.0. The Morgan fingerprint density at radius 3 is 2.38 bits per heavy atom. The number of benzene rings is 1. The number of fused-ring (bicyclic) bond motifs is 2. The van der Waals surface area contributed by atoms with Gasteiger partial charge in [0.05, 0.1) is 12.7 Å². The van der Waals surface area contributed by atoms with Crippen molar-refractivity contribution in [2.75, 3.05) is 7.11 Å². The summed E-state index contributed by atoms with van der Waals surface area (Å²) in [4.78, 5) is 12.7. The average Bonchev–Trinajstić information content (AvgIpc) is 2.52. The molecule has 0 N–H and O–H groups in total. The summed E-state index contributed by atoms with van der Waals surface area (Å²) in [5.41, 5.74) is -0.880. The molecule has 132 valence electrons. The third-order valence-corrected chi connectivity index (χ3v) is 7.13. The number of rotatable bonds is 3. The number of alkyl halides is 3. The number of ketones is 1. The van der Waals surface area contributed by atoms with E-state index in [0.29, 0.717) is 12.8 Å². The maximum Gasteiger partial charge on any atom is 0.419 e. The third kappa shape index (κ3) is 3.23. The van der Waals surface area contributed by atoms with E-state index in [1.807, 2.05) is 0 Å². The highest BCUT2D eigenvalue weighted by atomic mass is 32.2. The van der Waals surface area contributed by atoms with Crippen LogP contribution < -0.4 is 4.74 Å². The molecule has 2 heterocycles. The average molecular weight is 360 g/mol. The zero-order valence-corrected chi connectivity index (χ0v) is 14.1. The number of methoxy groups -OCH3 is 1. The van der Waals surface area contributed by atoms with Gasteiger partial charge in [-0.05, 0) is 43.9 Å². The van der Waals surface area contributed by atoms with E-state index in [2.05, 4.69) is 0 Å². The Morgan fingerprint density at radius 2 is 1.83 bits per heavy atom. The Balaban J connectivity index is 1.87. The molecule has 0 amide bonds. The first kappa shape index (κ1) is 17.5. The van der Waals surface area contributed by atoms with Crippen LogP contribution in [0, 0.1) is 5.92 Å². The predicted molar refractivity (Wildman–Crippen MR) is 84.6 cm³/mol. The fourth-order valence-electron chi connectivity index (χ4n) is 3.77. The monoisotopic (exact) mass is 360 g/mol. The Morgan fingerprint density at radius 1 is 1.21 bits per heavy atom. The molecule has 0 aliphatic carbocycles. The van der Waals surface area contributed by atoms with Crippen molar-refractivity contribution in [1.82, 2.24) is 0 Å². The zero-order valence-electron chi connectivity index (χ0n) is 13.3. The van der Waals surface area contributed by atoms with Crippen LogP contribution in [0.1, 0.15) is 48.0 Å². The van der Waals surface area contributed by atoms with Gasteiger partial charge in [-0.1, -0.05) is 6.42 Å². The Bertz CT molecular complexity index is 656. The number of carbonyl (C=O) groups excluding carboxylic acids is 1. The van der Waals surface area contributed by atoms with E-state index in [9.17, 15) is 22.2 Å². The molecular weight excluding hydrogens is 341 g/mol. The van der Waals surface area contributed by atoms with Crippen molar-refractivity contribution in [3.63, 3.8) is 0 Å².